The van der Waals surface area contributed by atoms with Gasteiger partial charge in [0.15, 0.2) is 0 Å². The first-order valence-electron chi connectivity index (χ1n) is 4.70. The zero-order valence-corrected chi connectivity index (χ0v) is 8.68. The summed E-state index contributed by atoms with van der Waals surface area (Å²) in [5, 5.41) is 2.98. The second-order valence-electron chi connectivity index (χ2n) is 3.62. The molecule has 1 heterocycles. The molecular formula is C12H7BClN. The van der Waals surface area contributed by atoms with E-state index in [-0.39, 0.29) is 0 Å². The molecule has 0 aliphatic heterocycles. The molecule has 1 aromatic heterocycles. The molecular weight excluding hydrogens is 204 g/mol. The third kappa shape index (κ3) is 1.33. The Morgan fingerprint density at radius 2 is 1.60 bits per heavy atom. The molecule has 70 valence electrons. The predicted molar refractivity (Wildman–Crippen MR) is 66.2 cm³/mol. The normalized spacial score (nSPS) is 11.3. The van der Waals surface area contributed by atoms with Gasteiger partial charge in [0.1, 0.15) is 7.85 Å². The number of rotatable bonds is 0. The number of benzene rings is 2. The second-order valence-corrected chi connectivity index (χ2v) is 4.06. The van der Waals surface area contributed by atoms with E-state index in [0.717, 1.165) is 32.3 Å². The molecule has 1 nitrogen and oxygen atoms in total. The summed E-state index contributed by atoms with van der Waals surface area (Å²) in [4.78, 5) is 3.32. The van der Waals surface area contributed by atoms with Crippen molar-refractivity contribution in [1.82, 2.24) is 4.98 Å². The van der Waals surface area contributed by atoms with E-state index in [4.69, 9.17) is 19.4 Å². The highest BCUT2D eigenvalue weighted by molar-refractivity contribution is 6.34. The number of H-pyrrole nitrogens is 1. The Morgan fingerprint density at radius 1 is 0.933 bits per heavy atom. The van der Waals surface area contributed by atoms with E-state index in [1.54, 1.807) is 0 Å². The Labute approximate surface area is 93.5 Å². The number of aromatic amines is 1. The smallest absolute Gasteiger partial charge is 0.113 e. The van der Waals surface area contributed by atoms with Crippen molar-refractivity contribution in [2.24, 2.45) is 0 Å². The first kappa shape index (κ1) is 8.87. The summed E-state index contributed by atoms with van der Waals surface area (Å²) in [5.74, 6) is 0. The molecule has 0 spiro atoms. The quantitative estimate of drug-likeness (QED) is 0.550. The maximum Gasteiger partial charge on any atom is 0.113 e. The van der Waals surface area contributed by atoms with Crippen molar-refractivity contribution in [2.75, 3.05) is 0 Å². The van der Waals surface area contributed by atoms with Crippen molar-refractivity contribution in [2.45, 2.75) is 0 Å². The van der Waals surface area contributed by atoms with Crippen LogP contribution in [-0.2, 0) is 0 Å². The monoisotopic (exact) mass is 211 g/mol. The molecule has 0 fully saturated rings. The van der Waals surface area contributed by atoms with Crippen LogP contribution in [0.15, 0.2) is 36.4 Å². The van der Waals surface area contributed by atoms with E-state index in [1.165, 1.54) is 0 Å². The van der Waals surface area contributed by atoms with E-state index in [2.05, 4.69) is 4.98 Å². The van der Waals surface area contributed by atoms with Gasteiger partial charge in [0.05, 0.1) is 0 Å². The third-order valence-corrected chi connectivity index (χ3v) is 2.82. The van der Waals surface area contributed by atoms with Crippen LogP contribution in [0.1, 0.15) is 0 Å². The van der Waals surface area contributed by atoms with E-state index < -0.39 is 0 Å². The lowest BCUT2D eigenvalue weighted by Gasteiger charge is -1.94. The molecule has 2 radical (unpaired) electrons. The van der Waals surface area contributed by atoms with Crippen LogP contribution in [0.5, 0.6) is 0 Å². The van der Waals surface area contributed by atoms with Crippen molar-refractivity contribution in [3.8, 4) is 0 Å². The highest BCUT2D eigenvalue weighted by atomic mass is 35.5. The fraction of sp³-hybridized carbons (Fsp3) is 0. The van der Waals surface area contributed by atoms with E-state index in [9.17, 15) is 0 Å². The predicted octanol–water partition coefficient (Wildman–Crippen LogP) is 2.77. The second kappa shape index (κ2) is 3.04. The van der Waals surface area contributed by atoms with Crippen LogP contribution in [0, 0.1) is 0 Å². The maximum absolute atomic E-state index is 5.97. The van der Waals surface area contributed by atoms with E-state index >= 15 is 0 Å². The minimum absolute atomic E-state index is 0.742. The largest absolute Gasteiger partial charge is 0.355 e. The first-order chi connectivity index (χ1) is 7.24. The summed E-state index contributed by atoms with van der Waals surface area (Å²) in [6.45, 7) is 0. The molecule has 0 unspecified atom stereocenters. The molecule has 0 saturated heterocycles. The molecule has 3 aromatic rings. The summed E-state index contributed by atoms with van der Waals surface area (Å²) in [5.41, 5.74) is 2.94. The number of halogens is 1. The fourth-order valence-electron chi connectivity index (χ4n) is 1.89. The fourth-order valence-corrected chi connectivity index (χ4v) is 2.06. The van der Waals surface area contributed by atoms with Crippen LogP contribution < -0.4 is 5.46 Å². The summed E-state index contributed by atoms with van der Waals surface area (Å²) in [7, 11) is 5.77. The van der Waals surface area contributed by atoms with Crippen molar-refractivity contribution < 1.29 is 0 Å². The highest BCUT2D eigenvalue weighted by Gasteiger charge is 2.03. The SMILES string of the molecule is [B]c1ccc2[nH]c3ccc(Cl)cc3c2c1. The minimum Gasteiger partial charge on any atom is -0.355 e. The van der Waals surface area contributed by atoms with E-state index in [1.807, 2.05) is 36.4 Å². The van der Waals surface area contributed by atoms with Gasteiger partial charge in [0.2, 0.25) is 0 Å². The average Bonchev–Trinajstić information content (AvgIpc) is 2.56. The van der Waals surface area contributed by atoms with Gasteiger partial charge < -0.3 is 4.98 Å². The summed E-state index contributed by atoms with van der Waals surface area (Å²) >= 11 is 5.97. The Morgan fingerprint density at radius 3 is 2.40 bits per heavy atom. The van der Waals surface area contributed by atoms with Crippen molar-refractivity contribution in [3.05, 3.63) is 41.4 Å². The Balaban J connectivity index is 2.55. The molecule has 0 bridgehead atoms. The van der Waals surface area contributed by atoms with Gasteiger partial charge in [-0.25, -0.2) is 0 Å². The first-order valence-corrected chi connectivity index (χ1v) is 5.08. The van der Waals surface area contributed by atoms with Gasteiger partial charge in [0, 0.05) is 26.8 Å². The highest BCUT2D eigenvalue weighted by Crippen LogP contribution is 2.26. The van der Waals surface area contributed by atoms with Gasteiger partial charge >= 0.3 is 0 Å². The lowest BCUT2D eigenvalue weighted by atomic mass is 9.94. The topological polar surface area (TPSA) is 15.8 Å². The van der Waals surface area contributed by atoms with Crippen molar-refractivity contribution in [3.63, 3.8) is 0 Å². The lowest BCUT2D eigenvalue weighted by molar-refractivity contribution is 1.55. The number of fused-ring (bicyclic) bond motifs is 3. The molecule has 0 saturated carbocycles. The number of aromatic nitrogens is 1. The van der Waals surface area contributed by atoms with Gasteiger partial charge in [-0.3, -0.25) is 0 Å². The van der Waals surface area contributed by atoms with Crippen LogP contribution >= 0.6 is 11.6 Å². The summed E-state index contributed by atoms with van der Waals surface area (Å²) in [6.07, 6.45) is 0. The van der Waals surface area contributed by atoms with Crippen LogP contribution in [-0.4, -0.2) is 12.8 Å². The average molecular weight is 211 g/mol. The van der Waals surface area contributed by atoms with Crippen molar-refractivity contribution in [1.29, 1.82) is 0 Å². The van der Waals surface area contributed by atoms with Crippen LogP contribution in [0.4, 0.5) is 0 Å². The Hall–Kier alpha value is -1.41. The lowest BCUT2D eigenvalue weighted by Crippen LogP contribution is -1.98. The Kier molecular flexibility index (Phi) is 1.80. The minimum atomic E-state index is 0.742. The zero-order chi connectivity index (χ0) is 10.4. The standard InChI is InChI=1S/C12H7BClN/c13-7-1-3-11-9(5-7)10-6-8(14)2-4-12(10)15-11/h1-6,15H. The van der Waals surface area contributed by atoms with Crippen LogP contribution in [0.3, 0.4) is 0 Å². The molecule has 3 heteroatoms. The molecule has 0 aliphatic carbocycles. The van der Waals surface area contributed by atoms with Gasteiger partial charge in [0.25, 0.3) is 0 Å². The van der Waals surface area contributed by atoms with Crippen molar-refractivity contribution >= 4 is 46.7 Å². The van der Waals surface area contributed by atoms with Gasteiger partial charge in [-0.2, -0.15) is 0 Å². The Bertz CT molecular complexity index is 601. The molecule has 0 amide bonds. The molecule has 3 rings (SSSR count). The van der Waals surface area contributed by atoms with Crippen LogP contribution in [0.2, 0.25) is 5.02 Å². The zero-order valence-electron chi connectivity index (χ0n) is 7.92. The maximum atomic E-state index is 5.97. The number of hydrogen-bond acceptors (Lipinski definition) is 0. The molecule has 2 aromatic carbocycles. The van der Waals surface area contributed by atoms with Gasteiger partial charge in [-0.05, 0) is 24.3 Å². The third-order valence-electron chi connectivity index (χ3n) is 2.58. The van der Waals surface area contributed by atoms with Gasteiger partial charge in [-0.15, -0.1) is 0 Å². The summed E-state index contributed by atoms with van der Waals surface area (Å²) in [6, 6.07) is 11.6. The molecule has 0 atom stereocenters. The molecule has 0 aliphatic rings. The number of nitrogens with one attached hydrogen (secondary N) is 1. The summed E-state index contributed by atoms with van der Waals surface area (Å²) < 4.78 is 0. The number of hydrogen-bond donors (Lipinski definition) is 1. The van der Waals surface area contributed by atoms with E-state index in [0.29, 0.717) is 0 Å². The molecule has 1 N–H and O–H groups in total. The van der Waals surface area contributed by atoms with Crippen LogP contribution in [0.25, 0.3) is 21.8 Å². The molecule has 15 heavy (non-hydrogen) atoms. The van der Waals surface area contributed by atoms with Gasteiger partial charge in [-0.1, -0.05) is 29.2 Å².